The largest absolute Gasteiger partial charge is 0.480 e. The molecule has 0 aromatic heterocycles. The fourth-order valence-corrected chi connectivity index (χ4v) is 18.4. The lowest BCUT2D eigenvalue weighted by atomic mass is 9.99. The van der Waals surface area contributed by atoms with Crippen LogP contribution in [-0.4, -0.2) is 265 Å². The van der Waals surface area contributed by atoms with Crippen molar-refractivity contribution in [3.8, 4) is 0 Å². The van der Waals surface area contributed by atoms with Gasteiger partial charge in [0, 0.05) is 63.6 Å². The van der Waals surface area contributed by atoms with Gasteiger partial charge in [-0.25, -0.2) is 4.79 Å². The molecule has 2 rings (SSSR count). The Bertz CT molecular complexity index is 4200. The van der Waals surface area contributed by atoms with Crippen LogP contribution >= 0.6 is 0 Å². The summed E-state index contributed by atoms with van der Waals surface area (Å²) in [7, 11) is -1.12. The molecule has 1 aromatic carbocycles. The minimum atomic E-state index is -1.49. The lowest BCUT2D eigenvalue weighted by Gasteiger charge is -2.29. The molecule has 0 spiro atoms. The fraction of sp³-hybridized carbons (Fsp3) is 0.717. The van der Waals surface area contributed by atoms with Crippen molar-refractivity contribution < 1.29 is 77.0 Å². The van der Waals surface area contributed by atoms with Crippen LogP contribution in [0.25, 0.3) is 0 Å². The first-order chi connectivity index (χ1) is 65.1. The van der Waals surface area contributed by atoms with E-state index in [-0.39, 0.29) is 208 Å². The number of aliphatic carboxylic acids is 1. The number of nitrogens with one attached hydrogen (secondary N) is 24. The van der Waals surface area contributed by atoms with Gasteiger partial charge in [0.15, 0.2) is 29.8 Å². The zero-order chi connectivity index (χ0) is 105. The predicted molar refractivity (Wildman–Crippen MR) is 542 cm³/mol. The summed E-state index contributed by atoms with van der Waals surface area (Å²) in [4.78, 5) is 219. The number of hydrogen-bond acceptors (Lipinski definition) is 20. The average Bonchev–Trinajstić information content (AvgIpc) is 0.845. The maximum absolute atomic E-state index is 15.5. The molecule has 1 heterocycles. The van der Waals surface area contributed by atoms with Gasteiger partial charge in [-0.1, -0.05) is 115 Å². The first kappa shape index (κ1) is 123. The number of carbonyl (C=O) groups excluding carboxylic acids is 14. The number of carboxylic acid groups (broad SMARTS) is 1. The van der Waals surface area contributed by atoms with Crippen LogP contribution in [0.4, 0.5) is 0 Å². The second-order valence-electron chi connectivity index (χ2n) is 38.9. The van der Waals surface area contributed by atoms with Crippen molar-refractivity contribution >= 4 is 140 Å². The van der Waals surface area contributed by atoms with E-state index in [1.54, 1.807) is 55.4 Å². The van der Waals surface area contributed by atoms with Crippen molar-refractivity contribution in [3.05, 3.63) is 35.4 Å². The van der Waals surface area contributed by atoms with Gasteiger partial charge in [-0.05, 0) is 178 Å². The maximum Gasteiger partial charge on any atom is 0.326 e. The second-order valence-corrected chi connectivity index (χ2v) is 43.4. The van der Waals surface area contributed by atoms with Crippen LogP contribution in [0.3, 0.4) is 0 Å². The quantitative estimate of drug-likeness (QED) is 0.0153. The summed E-state index contributed by atoms with van der Waals surface area (Å²) < 4.78 is 0. The number of guanidine groups is 5. The number of hydrogen-bond donors (Lipinski definition) is 30. The van der Waals surface area contributed by atoms with E-state index >= 15 is 33.6 Å². The molecule has 2 bridgehead atoms. The highest BCUT2D eigenvalue weighted by molar-refractivity contribution is 7.95. The van der Waals surface area contributed by atoms with Crippen LogP contribution < -0.4 is 130 Å². The minimum Gasteiger partial charge on any atom is -0.480 e. The molecule has 16 atom stereocenters. The fourth-order valence-electron chi connectivity index (χ4n) is 15.4. The number of benzene rings is 1. The summed E-state index contributed by atoms with van der Waals surface area (Å²) in [6, 6.07) is -11.2. The van der Waals surface area contributed by atoms with E-state index in [0.717, 1.165) is 11.1 Å². The number of carbonyl (C=O) groups is 15. The average molecular weight is 2000 g/mol. The highest BCUT2D eigenvalue weighted by Crippen LogP contribution is 2.21. The number of amides is 14. The van der Waals surface area contributed by atoms with E-state index in [2.05, 4.69) is 101 Å². The molecule has 1 aromatic rings. The van der Waals surface area contributed by atoms with Crippen molar-refractivity contribution in [1.82, 2.24) is 101 Å². The molecule has 0 fully saturated rings. The molecule has 14 amide bonds. The van der Waals surface area contributed by atoms with E-state index in [1.165, 1.54) is 6.92 Å². The Labute approximate surface area is 825 Å². The summed E-state index contributed by atoms with van der Waals surface area (Å²) in [6.45, 7) is 26.9. The number of rotatable bonds is 54. The summed E-state index contributed by atoms with van der Waals surface area (Å²) in [5, 5.41) is 101. The van der Waals surface area contributed by atoms with Gasteiger partial charge in [0.05, 0.1) is 12.5 Å². The van der Waals surface area contributed by atoms with E-state index in [4.69, 9.17) is 55.7 Å². The van der Waals surface area contributed by atoms with Gasteiger partial charge in [-0.3, -0.25) is 94.2 Å². The first-order valence-electron chi connectivity index (χ1n) is 48.2. The summed E-state index contributed by atoms with van der Waals surface area (Å²) in [5.41, 5.74) is 29.8. The molecule has 35 N–H and O–H groups in total. The molecule has 2 unspecified atom stereocenters. The minimum absolute atomic E-state index is 0.0141. The standard InChI is InChI=1S/C92H165N29O16S2/c1-50(2)40-67-81(130)110-61(27-20-34-104-89(95)96)75(124)113-66(80(129)118-72(45-55(11)12)86(135)120-70(43-53(7)8)83(132)112-64(30-23-37-107-92(101)102)78(127)121-73(87(136)137)46-56(13)14)32-39-139(17)49-59-25-18-24-58(47-59)48-138(16)38-31-65(79(128)109-62(76(125)116-67)28-21-35-105-90(97)98)114-84(133)68(41-51(3)4)117-77(126)63(29-22-36-106-91(99)100)111-82(131)69(42-52(5)6)119-85(134)71(44-54(9)10)115-74(123)60(108-57(15)122)26-19-33-103-88(93)94/h18,24-25,47,50-56,60-73H,19-23,26-46,48-49H2,1-17H3,(H33-2,93,94,95,96,97,98,99,100,101,102,103,104,105,106,107,108,109,110,111,112,113,114,115,116,117,118,119,120,121,122,123,124,125,126,127,128,129,130,131,132,133,134,135,136,137)/p+2/t60-,61-,62-,63-,64-,65-,66-,67-,68-,69-,70-,71-,72-,73-,138?,139?/m0/s1. The van der Waals surface area contributed by atoms with Gasteiger partial charge in [0.25, 0.3) is 0 Å². The molecule has 45 nitrogen and oxygen atoms in total. The Kier molecular flexibility index (Phi) is 58.0. The molecular formula is C92H167N29O16S2+2. The zero-order valence-corrected chi connectivity index (χ0v) is 86.1. The summed E-state index contributed by atoms with van der Waals surface area (Å²) >= 11 is 0. The molecule has 0 radical (unpaired) electrons. The number of nitrogens with two attached hydrogens (primary N) is 5. The lowest BCUT2D eigenvalue weighted by Crippen LogP contribution is -2.61. The van der Waals surface area contributed by atoms with Gasteiger partial charge in [-0.2, -0.15) is 0 Å². The highest BCUT2D eigenvalue weighted by Gasteiger charge is 2.41. The smallest absolute Gasteiger partial charge is 0.326 e. The topological polar surface area (TPSA) is 754 Å². The Hall–Kier alpha value is -11.7. The molecule has 0 saturated carbocycles. The number of carboxylic acids is 1. The van der Waals surface area contributed by atoms with Crippen LogP contribution in [0.2, 0.25) is 0 Å². The number of fused-ring (bicyclic) bond motifs is 2. The Morgan fingerprint density at radius 3 is 1.01 bits per heavy atom. The van der Waals surface area contributed by atoms with E-state index in [0.29, 0.717) is 29.4 Å². The normalized spacial score (nSPS) is 18.9. The van der Waals surface area contributed by atoms with Crippen molar-refractivity contribution in [2.75, 3.05) is 56.7 Å². The van der Waals surface area contributed by atoms with E-state index < -0.39 is 207 Å². The molecule has 1 aliphatic rings. The third-order valence-electron chi connectivity index (χ3n) is 22.1. The van der Waals surface area contributed by atoms with Crippen LogP contribution in [0.5, 0.6) is 0 Å². The molecule has 0 saturated heterocycles. The van der Waals surface area contributed by atoms with Crippen LogP contribution in [0, 0.1) is 68.5 Å². The molecule has 139 heavy (non-hydrogen) atoms. The Morgan fingerprint density at radius 1 is 0.374 bits per heavy atom. The Morgan fingerprint density at radius 2 is 0.662 bits per heavy atom. The van der Waals surface area contributed by atoms with Gasteiger partial charge in [-0.15, -0.1) is 0 Å². The predicted octanol–water partition coefficient (Wildman–Crippen LogP) is -1.49. The third-order valence-corrected chi connectivity index (χ3v) is 25.6. The van der Waals surface area contributed by atoms with Gasteiger partial charge in [0.1, 0.15) is 108 Å². The second kappa shape index (κ2) is 65.3. The maximum atomic E-state index is 15.5. The highest BCUT2D eigenvalue weighted by atomic mass is 32.2. The molecular weight excluding hydrogens is 1830 g/mol. The van der Waals surface area contributed by atoms with E-state index in [9.17, 15) is 43.5 Å². The molecule has 786 valence electrons. The van der Waals surface area contributed by atoms with Gasteiger partial charge >= 0.3 is 5.97 Å². The van der Waals surface area contributed by atoms with Crippen molar-refractivity contribution in [2.24, 2.45) is 70.1 Å². The van der Waals surface area contributed by atoms with Crippen LogP contribution in [0.15, 0.2) is 24.3 Å². The monoisotopic (exact) mass is 2000 g/mol. The van der Waals surface area contributed by atoms with Gasteiger partial charge in [0.2, 0.25) is 82.7 Å². The first-order valence-corrected chi connectivity index (χ1v) is 52.2. The molecule has 1 aliphatic heterocycles. The lowest BCUT2D eigenvalue weighted by molar-refractivity contribution is -0.143. The van der Waals surface area contributed by atoms with Gasteiger partial charge < -0.3 is 135 Å². The zero-order valence-electron chi connectivity index (χ0n) is 84.5. The third kappa shape index (κ3) is 53.3. The van der Waals surface area contributed by atoms with Crippen LogP contribution in [-0.2, 0) is 105 Å². The van der Waals surface area contributed by atoms with Crippen LogP contribution in [0.1, 0.15) is 237 Å². The molecule has 0 aliphatic carbocycles. The SMILES string of the molecule is CC(=O)N[C@@H](CCCNC(=N)N)C(=O)N[C@@H](CC(C)C)C(=O)N[C@@H](CC(C)C)C(=O)N[C@@H](CCCNC(=N)N)C(=O)N[C@@H](CC(C)C)C(=O)N[C@H]1CC[S+](C)Cc2cccc(c2)C[S+](C)CC[C@@H](C(=O)N[C@@H](CC(C)C)C(=O)N[C@@H](CC(C)C)C(=O)N[C@@H](CCCNC(=N)N)C(=O)N[C@@H](CC(C)C)C(=O)O)NC(=O)[C@H](CCCNC(=N)N)NC(=O)[C@H](CC(C)C)NC(=O)[C@H](CCCNC(=N)N)NC1=O. The van der Waals surface area contributed by atoms with Crippen molar-refractivity contribution in [2.45, 2.75) is 322 Å². The molecule has 47 heteroatoms. The van der Waals surface area contributed by atoms with E-state index in [1.807, 2.05) is 78.3 Å². The Balaban J connectivity index is 2.96. The van der Waals surface area contributed by atoms with Crippen molar-refractivity contribution in [1.29, 1.82) is 27.0 Å². The summed E-state index contributed by atoms with van der Waals surface area (Å²) in [6.07, 6.45) is 4.54. The van der Waals surface area contributed by atoms with Crippen molar-refractivity contribution in [3.63, 3.8) is 0 Å². The summed E-state index contributed by atoms with van der Waals surface area (Å²) in [5.74, 6) is -14.3.